The highest BCUT2D eigenvalue weighted by Gasteiger charge is 2.48. The van der Waals surface area contributed by atoms with E-state index in [-0.39, 0.29) is 18.8 Å². The van der Waals surface area contributed by atoms with E-state index >= 15 is 0 Å². The number of hydrogen-bond donors (Lipinski definition) is 1. The van der Waals surface area contributed by atoms with Crippen LogP contribution in [0.4, 0.5) is 18.3 Å². The number of anilines is 1. The molecule has 0 aromatic carbocycles. The van der Waals surface area contributed by atoms with E-state index in [1.165, 1.54) is 11.3 Å². The summed E-state index contributed by atoms with van der Waals surface area (Å²) in [6, 6.07) is -0.474. The number of nitrogen functional groups attached to an aromatic ring is 1. The second kappa shape index (κ2) is 5.63. The molecule has 1 fully saturated rings. The predicted molar refractivity (Wildman–Crippen MR) is 67.8 cm³/mol. The summed E-state index contributed by atoms with van der Waals surface area (Å²) < 4.78 is 38.0. The normalized spacial score (nSPS) is 25.1. The Bertz CT molecular complexity index is 396. The number of likely N-dealkylation sites (tertiary alicyclic amines) is 1. The van der Waals surface area contributed by atoms with E-state index in [4.69, 9.17) is 5.73 Å². The molecule has 2 N–H and O–H groups in total. The fraction of sp³-hybridized carbons (Fsp3) is 0.700. The van der Waals surface area contributed by atoms with E-state index in [1.54, 1.807) is 13.1 Å². The largest absolute Gasteiger partial charge is 0.393 e. The van der Waals surface area contributed by atoms with Gasteiger partial charge in [-0.2, -0.15) is 13.2 Å². The van der Waals surface area contributed by atoms with Gasteiger partial charge >= 0.3 is 6.18 Å². The topological polar surface area (TPSA) is 42.2 Å². The third-order valence-electron chi connectivity index (χ3n) is 3.24. The zero-order chi connectivity index (χ0) is 12.6. The average Bonchev–Trinajstić information content (AvgIpc) is 2.74. The van der Waals surface area contributed by atoms with E-state index in [1.807, 2.05) is 4.90 Å². The van der Waals surface area contributed by atoms with E-state index in [0.29, 0.717) is 18.2 Å². The molecular formula is C10H15ClF3N3S. The van der Waals surface area contributed by atoms with Gasteiger partial charge < -0.3 is 5.73 Å². The van der Waals surface area contributed by atoms with Crippen LogP contribution in [0.5, 0.6) is 0 Å². The van der Waals surface area contributed by atoms with Gasteiger partial charge in [0, 0.05) is 23.7 Å². The molecule has 1 saturated heterocycles. The highest BCUT2D eigenvalue weighted by atomic mass is 35.5. The molecule has 0 amide bonds. The molecule has 2 unspecified atom stereocenters. The second-order valence-corrected chi connectivity index (χ2v) is 5.46. The van der Waals surface area contributed by atoms with Crippen LogP contribution < -0.4 is 5.73 Å². The second-order valence-electron chi connectivity index (χ2n) is 4.31. The molecule has 0 saturated carbocycles. The van der Waals surface area contributed by atoms with Gasteiger partial charge in [-0.1, -0.05) is 0 Å². The fourth-order valence-corrected chi connectivity index (χ4v) is 2.97. The Hall–Kier alpha value is -0.530. The van der Waals surface area contributed by atoms with E-state index in [2.05, 4.69) is 4.98 Å². The zero-order valence-electron chi connectivity index (χ0n) is 9.78. The number of halogens is 4. The van der Waals surface area contributed by atoms with Crippen LogP contribution in [0.1, 0.15) is 18.2 Å². The van der Waals surface area contributed by atoms with Crippen molar-refractivity contribution in [3.63, 3.8) is 0 Å². The maximum absolute atomic E-state index is 12.7. The number of nitrogens with zero attached hydrogens (tertiary/aromatic N) is 2. The smallest absolute Gasteiger partial charge is 0.375 e. The molecule has 1 aliphatic heterocycles. The summed E-state index contributed by atoms with van der Waals surface area (Å²) in [7, 11) is 0. The molecular weight excluding hydrogens is 287 g/mol. The summed E-state index contributed by atoms with van der Waals surface area (Å²) in [5, 5.41) is 0.458. The van der Waals surface area contributed by atoms with Crippen molar-refractivity contribution in [2.24, 2.45) is 5.92 Å². The summed E-state index contributed by atoms with van der Waals surface area (Å²) in [6.45, 7) is 2.61. The summed E-state index contributed by atoms with van der Waals surface area (Å²) >= 11 is 1.33. The number of hydrogen-bond acceptors (Lipinski definition) is 4. The van der Waals surface area contributed by atoms with Gasteiger partial charge in [0.05, 0.1) is 5.92 Å². The number of nitrogens with two attached hydrogens (primary N) is 1. The van der Waals surface area contributed by atoms with Crippen LogP contribution in [0.3, 0.4) is 0 Å². The minimum atomic E-state index is -4.10. The number of aromatic nitrogens is 1. The molecule has 1 aliphatic rings. The van der Waals surface area contributed by atoms with Crippen molar-refractivity contribution < 1.29 is 13.2 Å². The van der Waals surface area contributed by atoms with Crippen LogP contribution in [-0.4, -0.2) is 28.6 Å². The van der Waals surface area contributed by atoms with Crippen LogP contribution in [0.2, 0.25) is 0 Å². The van der Waals surface area contributed by atoms with E-state index in [0.717, 1.165) is 4.88 Å². The van der Waals surface area contributed by atoms with Gasteiger partial charge in [0.25, 0.3) is 0 Å². The van der Waals surface area contributed by atoms with Crippen molar-refractivity contribution in [3.05, 3.63) is 11.1 Å². The van der Waals surface area contributed by atoms with Gasteiger partial charge in [0.15, 0.2) is 5.13 Å². The molecule has 2 heterocycles. The first-order chi connectivity index (χ1) is 7.88. The van der Waals surface area contributed by atoms with Crippen LogP contribution in [0, 0.1) is 5.92 Å². The first-order valence-electron chi connectivity index (χ1n) is 5.39. The molecule has 3 nitrogen and oxygen atoms in total. The van der Waals surface area contributed by atoms with Crippen LogP contribution in [0.25, 0.3) is 0 Å². The van der Waals surface area contributed by atoms with Gasteiger partial charge in [-0.15, -0.1) is 23.7 Å². The standard InChI is InChI=1S/C10H14F3N3S.ClH/c1-6-8(10(11,12)13)2-3-16(6)5-7-4-15-9(14)17-7;/h4,6,8H,2-3,5H2,1H3,(H2,14,15);1H. The van der Waals surface area contributed by atoms with E-state index < -0.39 is 18.1 Å². The molecule has 2 atom stereocenters. The minimum Gasteiger partial charge on any atom is -0.375 e. The molecule has 0 spiro atoms. The summed E-state index contributed by atoms with van der Waals surface area (Å²) in [4.78, 5) is 6.65. The highest BCUT2D eigenvalue weighted by molar-refractivity contribution is 7.15. The third kappa shape index (κ3) is 3.27. The lowest BCUT2D eigenvalue weighted by atomic mass is 10.0. The van der Waals surface area contributed by atoms with Gasteiger partial charge in [-0.05, 0) is 19.9 Å². The van der Waals surface area contributed by atoms with Crippen LogP contribution >= 0.6 is 23.7 Å². The average molecular weight is 302 g/mol. The maximum Gasteiger partial charge on any atom is 0.393 e. The fourth-order valence-electron chi connectivity index (χ4n) is 2.26. The Morgan fingerprint density at radius 1 is 1.56 bits per heavy atom. The number of alkyl halides is 3. The lowest BCUT2D eigenvalue weighted by Gasteiger charge is -2.25. The number of thiazole rings is 1. The molecule has 0 aliphatic carbocycles. The maximum atomic E-state index is 12.7. The summed E-state index contributed by atoms with van der Waals surface area (Å²) in [5.74, 6) is -1.22. The molecule has 2 rings (SSSR count). The molecule has 1 aromatic rings. The van der Waals surface area contributed by atoms with Crippen molar-refractivity contribution in [1.29, 1.82) is 0 Å². The van der Waals surface area contributed by atoms with Gasteiger partial charge in [-0.25, -0.2) is 4.98 Å². The molecule has 104 valence electrons. The van der Waals surface area contributed by atoms with Crippen molar-refractivity contribution in [2.75, 3.05) is 12.3 Å². The van der Waals surface area contributed by atoms with Gasteiger partial charge in [0.2, 0.25) is 0 Å². The zero-order valence-corrected chi connectivity index (χ0v) is 11.4. The Morgan fingerprint density at radius 2 is 2.22 bits per heavy atom. The summed E-state index contributed by atoms with van der Waals surface area (Å²) in [6.07, 6.45) is -2.28. The Balaban J connectivity index is 0.00000162. The van der Waals surface area contributed by atoms with Crippen molar-refractivity contribution >= 4 is 28.9 Å². The highest BCUT2D eigenvalue weighted by Crippen LogP contribution is 2.38. The Morgan fingerprint density at radius 3 is 2.67 bits per heavy atom. The van der Waals surface area contributed by atoms with Crippen LogP contribution in [-0.2, 0) is 6.54 Å². The van der Waals surface area contributed by atoms with Crippen molar-refractivity contribution in [1.82, 2.24) is 9.88 Å². The lowest BCUT2D eigenvalue weighted by molar-refractivity contribution is -0.178. The van der Waals surface area contributed by atoms with Gasteiger partial charge in [0.1, 0.15) is 0 Å². The Labute approximate surface area is 114 Å². The van der Waals surface area contributed by atoms with Crippen molar-refractivity contribution in [2.45, 2.75) is 32.1 Å². The SMILES string of the molecule is CC1C(C(F)(F)F)CCN1Cc1cnc(N)s1.Cl. The monoisotopic (exact) mass is 301 g/mol. The molecule has 0 bridgehead atoms. The van der Waals surface area contributed by atoms with Crippen molar-refractivity contribution in [3.8, 4) is 0 Å². The minimum absolute atomic E-state index is 0. The first kappa shape index (κ1) is 15.5. The Kier molecular flexibility index (Phi) is 4.85. The molecule has 1 aromatic heterocycles. The quantitative estimate of drug-likeness (QED) is 0.913. The summed E-state index contributed by atoms with van der Waals surface area (Å²) in [5.41, 5.74) is 5.49. The molecule has 18 heavy (non-hydrogen) atoms. The van der Waals surface area contributed by atoms with Crippen LogP contribution in [0.15, 0.2) is 6.20 Å². The lowest BCUT2D eigenvalue weighted by Crippen LogP contribution is -2.35. The third-order valence-corrected chi connectivity index (χ3v) is 4.05. The number of rotatable bonds is 2. The predicted octanol–water partition coefficient (Wildman–Crippen LogP) is 2.92. The van der Waals surface area contributed by atoms with Gasteiger partial charge in [-0.3, -0.25) is 4.90 Å². The molecule has 0 radical (unpaired) electrons. The van der Waals surface area contributed by atoms with E-state index in [9.17, 15) is 13.2 Å². The molecule has 8 heteroatoms. The first-order valence-corrected chi connectivity index (χ1v) is 6.20.